The third-order valence-electron chi connectivity index (χ3n) is 4.21. The number of piperazine rings is 1. The molecule has 0 radical (unpaired) electrons. The molecule has 24 heavy (non-hydrogen) atoms. The predicted molar refractivity (Wildman–Crippen MR) is 99.3 cm³/mol. The van der Waals surface area contributed by atoms with E-state index < -0.39 is 0 Å². The van der Waals surface area contributed by atoms with E-state index in [4.69, 9.17) is 23.2 Å². The molecule has 4 nitrogen and oxygen atoms in total. The van der Waals surface area contributed by atoms with E-state index in [-0.39, 0.29) is 5.91 Å². The number of quaternary nitrogens is 1. The third-order valence-corrected chi connectivity index (χ3v) is 4.94. The largest absolute Gasteiger partial charge is 0.360 e. The van der Waals surface area contributed by atoms with Crippen LogP contribution in [0.5, 0.6) is 0 Å². The molecule has 2 aromatic carbocycles. The number of carbonyl (C=O) groups excluding carboxylic acids is 1. The zero-order chi connectivity index (χ0) is 16.9. The van der Waals surface area contributed by atoms with Crippen LogP contribution >= 0.6 is 23.2 Å². The highest BCUT2D eigenvalue weighted by Crippen LogP contribution is 2.24. The third kappa shape index (κ3) is 4.41. The van der Waals surface area contributed by atoms with Gasteiger partial charge in [-0.3, -0.25) is 4.79 Å². The number of amides is 1. The SMILES string of the molecule is O=C(C[NH+]1CCN(c2ccccc2)CC1)Nc1ccc(Cl)c(Cl)c1. The molecule has 0 atom stereocenters. The minimum atomic E-state index is -0.00319. The van der Waals surface area contributed by atoms with Crippen LogP contribution in [0.3, 0.4) is 0 Å². The molecule has 0 aromatic heterocycles. The lowest BCUT2D eigenvalue weighted by Gasteiger charge is -2.33. The van der Waals surface area contributed by atoms with Crippen molar-refractivity contribution in [3.63, 3.8) is 0 Å². The number of halogens is 2. The fourth-order valence-corrected chi connectivity index (χ4v) is 3.20. The van der Waals surface area contributed by atoms with Gasteiger partial charge in [0.05, 0.1) is 36.2 Å². The van der Waals surface area contributed by atoms with Gasteiger partial charge in [-0.2, -0.15) is 0 Å². The first-order chi connectivity index (χ1) is 11.6. The van der Waals surface area contributed by atoms with Gasteiger partial charge in [0.25, 0.3) is 5.91 Å². The average Bonchev–Trinajstić information content (AvgIpc) is 2.59. The monoisotopic (exact) mass is 364 g/mol. The zero-order valence-electron chi connectivity index (χ0n) is 13.3. The molecule has 3 rings (SSSR count). The van der Waals surface area contributed by atoms with E-state index in [2.05, 4.69) is 34.5 Å². The molecule has 0 unspecified atom stereocenters. The fraction of sp³-hybridized carbons (Fsp3) is 0.278. The lowest BCUT2D eigenvalue weighted by Crippen LogP contribution is -3.15. The Morgan fingerprint density at radius 1 is 1.04 bits per heavy atom. The van der Waals surface area contributed by atoms with Crippen LogP contribution in [0.1, 0.15) is 0 Å². The number of nitrogens with zero attached hydrogens (tertiary/aromatic N) is 1. The molecule has 1 aliphatic heterocycles. The van der Waals surface area contributed by atoms with Crippen molar-refractivity contribution in [2.75, 3.05) is 42.9 Å². The zero-order valence-corrected chi connectivity index (χ0v) is 14.8. The number of nitrogens with one attached hydrogen (secondary N) is 2. The van der Waals surface area contributed by atoms with Crippen LogP contribution in [0, 0.1) is 0 Å². The second-order valence-corrected chi connectivity index (χ2v) is 6.74. The van der Waals surface area contributed by atoms with E-state index in [9.17, 15) is 4.79 Å². The van der Waals surface area contributed by atoms with Crippen molar-refractivity contribution in [2.45, 2.75) is 0 Å². The van der Waals surface area contributed by atoms with Gasteiger partial charge < -0.3 is 15.1 Å². The summed E-state index contributed by atoms with van der Waals surface area (Å²) in [7, 11) is 0. The molecule has 2 N–H and O–H groups in total. The van der Waals surface area contributed by atoms with E-state index in [0.717, 1.165) is 26.2 Å². The lowest BCUT2D eigenvalue weighted by molar-refractivity contribution is -0.892. The first-order valence-corrected chi connectivity index (χ1v) is 8.76. The van der Waals surface area contributed by atoms with Gasteiger partial charge in [0, 0.05) is 11.4 Å². The summed E-state index contributed by atoms with van der Waals surface area (Å²) < 4.78 is 0. The molecule has 0 aliphatic carbocycles. The van der Waals surface area contributed by atoms with Crippen molar-refractivity contribution in [3.8, 4) is 0 Å². The maximum Gasteiger partial charge on any atom is 0.279 e. The summed E-state index contributed by atoms with van der Waals surface area (Å²) in [4.78, 5) is 15.9. The Bertz CT molecular complexity index is 701. The van der Waals surface area contributed by atoms with Gasteiger partial charge in [-0.1, -0.05) is 41.4 Å². The first kappa shape index (κ1) is 17.1. The van der Waals surface area contributed by atoms with Crippen LogP contribution in [-0.4, -0.2) is 38.6 Å². The van der Waals surface area contributed by atoms with Gasteiger partial charge in [-0.05, 0) is 30.3 Å². The summed E-state index contributed by atoms with van der Waals surface area (Å²) in [6, 6.07) is 15.5. The number of para-hydroxylation sites is 1. The fourth-order valence-electron chi connectivity index (χ4n) is 2.90. The van der Waals surface area contributed by atoms with Crippen molar-refractivity contribution >= 4 is 40.5 Å². The number of carbonyl (C=O) groups is 1. The van der Waals surface area contributed by atoms with Crippen LogP contribution in [0.4, 0.5) is 11.4 Å². The smallest absolute Gasteiger partial charge is 0.279 e. The van der Waals surface area contributed by atoms with E-state index in [1.54, 1.807) is 18.2 Å². The van der Waals surface area contributed by atoms with E-state index >= 15 is 0 Å². The lowest BCUT2D eigenvalue weighted by atomic mass is 10.2. The highest BCUT2D eigenvalue weighted by atomic mass is 35.5. The molecule has 1 fully saturated rings. The first-order valence-electron chi connectivity index (χ1n) is 8.00. The molecule has 1 amide bonds. The Kier molecular flexibility index (Phi) is 5.61. The maximum atomic E-state index is 12.2. The molecule has 2 aromatic rings. The predicted octanol–water partition coefficient (Wildman–Crippen LogP) is 2.34. The van der Waals surface area contributed by atoms with Crippen LogP contribution in [-0.2, 0) is 4.79 Å². The molecule has 0 spiro atoms. The molecule has 1 aliphatic rings. The minimum Gasteiger partial charge on any atom is -0.360 e. The molecular weight excluding hydrogens is 345 g/mol. The highest BCUT2D eigenvalue weighted by molar-refractivity contribution is 6.42. The quantitative estimate of drug-likeness (QED) is 0.873. The van der Waals surface area contributed by atoms with Crippen molar-refractivity contribution < 1.29 is 9.69 Å². The molecule has 6 heteroatoms. The van der Waals surface area contributed by atoms with Crippen molar-refractivity contribution in [3.05, 3.63) is 58.6 Å². The number of anilines is 2. The second-order valence-electron chi connectivity index (χ2n) is 5.93. The van der Waals surface area contributed by atoms with Gasteiger partial charge >= 0.3 is 0 Å². The van der Waals surface area contributed by atoms with Gasteiger partial charge in [0.1, 0.15) is 0 Å². The van der Waals surface area contributed by atoms with E-state index in [1.807, 2.05) is 6.07 Å². The summed E-state index contributed by atoms with van der Waals surface area (Å²) in [5, 5.41) is 3.81. The topological polar surface area (TPSA) is 36.8 Å². The Morgan fingerprint density at radius 2 is 1.75 bits per heavy atom. The summed E-state index contributed by atoms with van der Waals surface area (Å²) in [5.74, 6) is -0.00319. The van der Waals surface area contributed by atoms with Crippen LogP contribution in [0.15, 0.2) is 48.5 Å². The van der Waals surface area contributed by atoms with Crippen molar-refractivity contribution in [2.24, 2.45) is 0 Å². The van der Waals surface area contributed by atoms with Gasteiger partial charge in [0.2, 0.25) is 0 Å². The van der Waals surface area contributed by atoms with E-state index in [1.165, 1.54) is 10.6 Å². The molecule has 1 saturated heterocycles. The average molecular weight is 365 g/mol. The summed E-state index contributed by atoms with van der Waals surface area (Å²) >= 11 is 11.9. The highest BCUT2D eigenvalue weighted by Gasteiger charge is 2.22. The number of benzene rings is 2. The Hall–Kier alpha value is -1.75. The van der Waals surface area contributed by atoms with Crippen molar-refractivity contribution in [1.82, 2.24) is 0 Å². The Balaban J connectivity index is 1.49. The molecule has 1 heterocycles. The second kappa shape index (κ2) is 7.88. The van der Waals surface area contributed by atoms with Crippen LogP contribution in [0.25, 0.3) is 0 Å². The Morgan fingerprint density at radius 3 is 2.42 bits per heavy atom. The molecule has 0 bridgehead atoms. The van der Waals surface area contributed by atoms with Gasteiger partial charge in [-0.15, -0.1) is 0 Å². The molecule has 126 valence electrons. The summed E-state index contributed by atoms with van der Waals surface area (Å²) in [5.41, 5.74) is 1.92. The number of rotatable bonds is 4. The molecule has 0 saturated carbocycles. The normalized spacial score (nSPS) is 15.3. The summed E-state index contributed by atoms with van der Waals surface area (Å²) in [6.07, 6.45) is 0. The maximum absolute atomic E-state index is 12.2. The van der Waals surface area contributed by atoms with Crippen LogP contribution < -0.4 is 15.1 Å². The standard InChI is InChI=1S/C18H19Cl2N3O/c19-16-7-6-14(12-17(16)20)21-18(24)13-22-8-10-23(11-9-22)15-4-2-1-3-5-15/h1-7,12H,8-11,13H2,(H,21,24)/p+1. The summed E-state index contributed by atoms with van der Waals surface area (Å²) in [6.45, 7) is 4.27. The van der Waals surface area contributed by atoms with E-state index in [0.29, 0.717) is 22.3 Å². The minimum absolute atomic E-state index is 0.00319. The number of hydrogen-bond donors (Lipinski definition) is 2. The Labute approximate surface area is 152 Å². The van der Waals surface area contributed by atoms with Gasteiger partial charge in [-0.25, -0.2) is 0 Å². The van der Waals surface area contributed by atoms with Gasteiger partial charge in [0.15, 0.2) is 6.54 Å². The van der Waals surface area contributed by atoms with Crippen LogP contribution in [0.2, 0.25) is 10.0 Å². The number of hydrogen-bond acceptors (Lipinski definition) is 2. The molecular formula is C18H20Cl2N3O+. The van der Waals surface area contributed by atoms with Crippen molar-refractivity contribution in [1.29, 1.82) is 0 Å².